The van der Waals surface area contributed by atoms with Gasteiger partial charge in [-0.15, -0.1) is 0 Å². The Hall–Kier alpha value is -10.8. The molecular weight excluding hydrogens is 1040 g/mol. The first kappa shape index (κ1) is 55.7. The molecule has 0 saturated carbocycles. The summed E-state index contributed by atoms with van der Waals surface area (Å²) in [7, 11) is 0. The molecule has 0 amide bonds. The van der Waals surface area contributed by atoms with Gasteiger partial charge in [0.15, 0.2) is 0 Å². The zero-order chi connectivity index (χ0) is 58.7. The molecular formula is C82H67N3O. The van der Waals surface area contributed by atoms with Gasteiger partial charge in [0, 0.05) is 51.2 Å². The summed E-state index contributed by atoms with van der Waals surface area (Å²) >= 11 is 0. The summed E-state index contributed by atoms with van der Waals surface area (Å²) < 4.78 is 0. The molecule has 0 unspecified atom stereocenters. The van der Waals surface area contributed by atoms with Gasteiger partial charge in [-0.05, 0) is 197 Å². The van der Waals surface area contributed by atoms with E-state index < -0.39 is 5.60 Å². The van der Waals surface area contributed by atoms with Crippen LogP contribution in [0.2, 0.25) is 0 Å². The molecule has 0 aliphatic rings. The predicted octanol–water partition coefficient (Wildman–Crippen LogP) is 21.8. The van der Waals surface area contributed by atoms with E-state index in [1.54, 1.807) is 0 Å². The van der Waals surface area contributed by atoms with Crippen molar-refractivity contribution in [2.45, 2.75) is 26.4 Å². The number of nitrogens with zero attached hydrogens (tertiary/aromatic N) is 3. The molecule has 0 atom stereocenters. The second-order valence-electron chi connectivity index (χ2n) is 21.7. The Morgan fingerprint density at radius 3 is 0.628 bits per heavy atom. The van der Waals surface area contributed by atoms with Crippen LogP contribution in [0.15, 0.2) is 309 Å². The fraction of sp³-hybridized carbons (Fsp3) is 0.0488. The standard InChI is InChI=1S/C82H67N3O/c1-61-58-70(49-46-67(61)43-34-64-37-52-79(53-38-64)83(73-22-10-4-11-23-73)74-24-12-5-13-25-74)82(86,71-50-47-68(62(2)59-71)44-35-65-39-54-80(55-40-65)84(75-26-14-6-15-27-75)76-28-16-7-17-29-76)72-51-48-69(63(3)60-72)45-36-66-41-56-81(57-42-66)85(77-30-18-8-19-31-77)78-32-20-9-21-33-78/h4-60,86H,1-3H3/b43-34+,44-35+,45-36+. The average Bonchev–Trinajstić information content (AvgIpc) is 1.26. The largest absolute Gasteiger partial charge is 0.376 e. The van der Waals surface area contributed by atoms with Gasteiger partial charge in [0.2, 0.25) is 0 Å². The highest BCUT2D eigenvalue weighted by molar-refractivity contribution is 5.82. The van der Waals surface area contributed by atoms with E-state index in [9.17, 15) is 5.11 Å². The maximum atomic E-state index is 13.6. The first-order valence-corrected chi connectivity index (χ1v) is 29.4. The minimum absolute atomic E-state index is 0.795. The predicted molar refractivity (Wildman–Crippen MR) is 366 cm³/mol. The number of hydrogen-bond donors (Lipinski definition) is 1. The highest BCUT2D eigenvalue weighted by atomic mass is 16.3. The van der Waals surface area contributed by atoms with Crippen LogP contribution >= 0.6 is 0 Å². The molecule has 12 aromatic rings. The highest BCUT2D eigenvalue weighted by Gasteiger charge is 2.35. The third-order valence-corrected chi connectivity index (χ3v) is 16.0. The molecule has 0 bridgehead atoms. The third-order valence-electron chi connectivity index (χ3n) is 16.0. The Morgan fingerprint density at radius 1 is 0.233 bits per heavy atom. The molecule has 0 aliphatic carbocycles. The number of hydrogen-bond acceptors (Lipinski definition) is 4. The van der Waals surface area contributed by atoms with E-state index in [2.05, 4.69) is 345 Å². The van der Waals surface area contributed by atoms with Crippen LogP contribution in [0.1, 0.15) is 66.8 Å². The summed E-state index contributed by atoms with van der Waals surface area (Å²) in [6.45, 7) is 6.39. The van der Waals surface area contributed by atoms with Crippen LogP contribution in [0.3, 0.4) is 0 Å². The van der Waals surface area contributed by atoms with Crippen molar-refractivity contribution in [2.75, 3.05) is 14.7 Å². The van der Waals surface area contributed by atoms with Gasteiger partial charge in [-0.2, -0.15) is 0 Å². The summed E-state index contributed by atoms with van der Waals surface area (Å²) in [6.07, 6.45) is 13.0. The van der Waals surface area contributed by atoms with E-state index >= 15 is 0 Å². The topological polar surface area (TPSA) is 30.0 Å². The molecule has 0 aromatic heterocycles. The van der Waals surface area contributed by atoms with E-state index in [0.717, 1.165) is 118 Å². The zero-order valence-electron chi connectivity index (χ0n) is 48.7. The quantitative estimate of drug-likeness (QED) is 0.0685. The van der Waals surface area contributed by atoms with Crippen molar-refractivity contribution in [1.82, 2.24) is 0 Å². The van der Waals surface area contributed by atoms with Crippen molar-refractivity contribution in [2.24, 2.45) is 0 Å². The zero-order valence-corrected chi connectivity index (χ0v) is 48.7. The van der Waals surface area contributed by atoms with E-state index in [-0.39, 0.29) is 0 Å². The summed E-state index contributed by atoms with van der Waals surface area (Å²) in [4.78, 5) is 6.82. The molecule has 0 saturated heterocycles. The molecule has 0 heterocycles. The molecule has 0 fully saturated rings. The van der Waals surface area contributed by atoms with Crippen molar-refractivity contribution >= 4 is 87.6 Å². The van der Waals surface area contributed by atoms with E-state index in [0.29, 0.717) is 0 Å². The van der Waals surface area contributed by atoms with Gasteiger partial charge >= 0.3 is 0 Å². The van der Waals surface area contributed by atoms with E-state index in [4.69, 9.17) is 0 Å². The van der Waals surface area contributed by atoms with Gasteiger partial charge in [-0.25, -0.2) is 0 Å². The minimum atomic E-state index is -1.48. The fourth-order valence-electron chi connectivity index (χ4n) is 11.3. The number of benzene rings is 12. The van der Waals surface area contributed by atoms with Crippen LogP contribution in [0.5, 0.6) is 0 Å². The second kappa shape index (κ2) is 25.8. The van der Waals surface area contributed by atoms with Crippen LogP contribution in [0, 0.1) is 20.8 Å². The van der Waals surface area contributed by atoms with E-state index in [1.165, 1.54) is 0 Å². The number of rotatable bonds is 18. The van der Waals surface area contributed by atoms with Gasteiger partial charge < -0.3 is 19.8 Å². The first-order chi connectivity index (χ1) is 42.2. The highest BCUT2D eigenvalue weighted by Crippen LogP contribution is 2.41. The number of anilines is 9. The summed E-state index contributed by atoms with van der Waals surface area (Å²) in [5, 5.41) is 13.6. The van der Waals surface area contributed by atoms with E-state index in [1.807, 2.05) is 36.4 Å². The van der Waals surface area contributed by atoms with Gasteiger partial charge in [0.1, 0.15) is 5.60 Å². The molecule has 0 aliphatic heterocycles. The lowest BCUT2D eigenvalue weighted by Crippen LogP contribution is -2.29. The van der Waals surface area contributed by atoms with Crippen LogP contribution in [-0.2, 0) is 5.60 Å². The van der Waals surface area contributed by atoms with Crippen LogP contribution in [0.4, 0.5) is 51.2 Å². The number of aliphatic hydroxyl groups is 1. The Balaban J connectivity index is 0.834. The van der Waals surface area contributed by atoms with Crippen LogP contribution in [-0.4, -0.2) is 5.11 Å². The van der Waals surface area contributed by atoms with Crippen molar-refractivity contribution < 1.29 is 5.11 Å². The van der Waals surface area contributed by atoms with Crippen molar-refractivity contribution in [3.8, 4) is 0 Å². The molecule has 0 radical (unpaired) electrons. The first-order valence-electron chi connectivity index (χ1n) is 29.4. The number of aryl methyl sites for hydroxylation is 3. The Morgan fingerprint density at radius 2 is 0.430 bits per heavy atom. The lowest BCUT2D eigenvalue weighted by molar-refractivity contribution is 0.125. The molecule has 12 rings (SSSR count). The fourth-order valence-corrected chi connectivity index (χ4v) is 11.3. The summed E-state index contributed by atoms with van der Waals surface area (Å²) in [5.41, 5.74) is 20.4. The maximum absolute atomic E-state index is 13.6. The normalized spacial score (nSPS) is 11.6. The molecule has 12 aromatic carbocycles. The lowest BCUT2D eigenvalue weighted by atomic mass is 9.78. The van der Waals surface area contributed by atoms with Crippen molar-refractivity contribution in [1.29, 1.82) is 0 Å². The molecule has 4 heteroatoms. The SMILES string of the molecule is Cc1cc(C(O)(c2ccc(/C=C/c3ccc(N(c4ccccc4)c4ccccc4)cc3)c(C)c2)c2ccc(/C=C/c3ccc(N(c4ccccc4)c4ccccc4)cc3)c(C)c2)ccc1/C=C/c1ccc(N(c2ccccc2)c2ccccc2)cc1. The molecule has 86 heavy (non-hydrogen) atoms. The van der Waals surface area contributed by atoms with Crippen molar-refractivity contribution in [3.63, 3.8) is 0 Å². The monoisotopic (exact) mass is 1110 g/mol. The average molecular weight is 1110 g/mol. The smallest absolute Gasteiger partial charge is 0.140 e. The van der Waals surface area contributed by atoms with Gasteiger partial charge in [-0.3, -0.25) is 0 Å². The molecule has 4 nitrogen and oxygen atoms in total. The summed E-state index contributed by atoms with van der Waals surface area (Å²) in [5.74, 6) is 0. The van der Waals surface area contributed by atoms with Crippen LogP contribution in [0.25, 0.3) is 36.5 Å². The van der Waals surface area contributed by atoms with Gasteiger partial charge in [-0.1, -0.05) is 237 Å². The van der Waals surface area contributed by atoms with Crippen molar-refractivity contribution in [3.05, 3.63) is 376 Å². The maximum Gasteiger partial charge on any atom is 0.140 e. The molecule has 416 valence electrons. The Labute approximate surface area is 507 Å². The van der Waals surface area contributed by atoms with Gasteiger partial charge in [0.25, 0.3) is 0 Å². The Bertz CT molecular complexity index is 3710. The van der Waals surface area contributed by atoms with Gasteiger partial charge in [0.05, 0.1) is 0 Å². The Kier molecular flexibility index (Phi) is 16.7. The van der Waals surface area contributed by atoms with Crippen LogP contribution < -0.4 is 14.7 Å². The number of para-hydroxylation sites is 6. The third kappa shape index (κ3) is 12.4. The summed E-state index contributed by atoms with van der Waals surface area (Å²) in [6, 6.07) is 108. The molecule has 1 N–H and O–H groups in total. The minimum Gasteiger partial charge on any atom is -0.376 e. The second-order valence-corrected chi connectivity index (χ2v) is 21.7. The molecule has 0 spiro atoms. The lowest BCUT2D eigenvalue weighted by Gasteiger charge is -2.32.